The number of aromatic nitrogens is 8. The molecule has 0 fully saturated rings. The van der Waals surface area contributed by atoms with Gasteiger partial charge in [-0.1, -0.05) is 6.08 Å². The summed E-state index contributed by atoms with van der Waals surface area (Å²) < 4.78 is 0. The highest BCUT2D eigenvalue weighted by Crippen LogP contribution is 2.40. The topological polar surface area (TPSA) is 193 Å². The smallest absolute Gasteiger partial charge is 0.252 e. The third-order valence-electron chi connectivity index (χ3n) is 6.89. The molecular weight excluding hydrogens is 578 g/mol. The lowest BCUT2D eigenvalue weighted by atomic mass is 9.87. The van der Waals surface area contributed by atoms with Crippen molar-refractivity contribution < 1.29 is 20.1 Å². The van der Waals surface area contributed by atoms with Crippen LogP contribution in [0.15, 0.2) is 76.1 Å². The van der Waals surface area contributed by atoms with E-state index >= 15 is 0 Å². The predicted octanol–water partition coefficient (Wildman–Crippen LogP) is 2.33. The van der Waals surface area contributed by atoms with E-state index in [9.17, 15) is 20.1 Å². The van der Waals surface area contributed by atoms with Crippen LogP contribution in [0.4, 0.5) is 0 Å². The Morgan fingerprint density at radius 2 is 1.47 bits per heavy atom. The van der Waals surface area contributed by atoms with Crippen LogP contribution >= 0.6 is 0 Å². The third-order valence-corrected chi connectivity index (χ3v) is 6.89. The Bertz CT molecular complexity index is 1780. The average Bonchev–Trinajstić information content (AvgIpc) is 3.64. The number of benzene rings is 2. The number of phenols is 2. The van der Waals surface area contributed by atoms with Gasteiger partial charge in [-0.15, -0.1) is 19.8 Å². The summed E-state index contributed by atoms with van der Waals surface area (Å²) in [6.45, 7) is 6.47. The molecule has 0 unspecified atom stereocenters. The molecule has 5 rings (SSSR count). The summed E-state index contributed by atoms with van der Waals surface area (Å²) in [5.74, 6) is 0.432. The molecule has 230 valence electrons. The fraction of sp³-hybridized carbons (Fsp3) is 0.233. The van der Waals surface area contributed by atoms with Crippen molar-refractivity contribution in [3.63, 3.8) is 0 Å². The Labute approximate surface area is 257 Å². The van der Waals surface area contributed by atoms with Gasteiger partial charge in [-0.3, -0.25) is 4.79 Å². The van der Waals surface area contributed by atoms with E-state index in [-0.39, 0.29) is 17.5 Å². The minimum atomic E-state index is -0.652. The van der Waals surface area contributed by atoms with Crippen molar-refractivity contribution in [3.05, 3.63) is 99.8 Å². The molecule has 1 aliphatic rings. The molecule has 2 aromatic carbocycles. The molecule has 0 saturated carbocycles. The number of tetrazole rings is 2. The minimum Gasteiger partial charge on any atom is -0.507 e. The number of hydrogen-bond acceptors (Lipinski definition) is 12. The van der Waals surface area contributed by atoms with E-state index in [1.807, 2.05) is 32.1 Å². The molecule has 1 aliphatic carbocycles. The number of aliphatic hydroxyl groups excluding tert-OH is 1. The Morgan fingerprint density at radius 1 is 0.933 bits per heavy atom. The van der Waals surface area contributed by atoms with E-state index in [2.05, 4.69) is 41.3 Å². The first-order valence-corrected chi connectivity index (χ1v) is 14.0. The van der Waals surface area contributed by atoms with Crippen LogP contribution < -0.4 is 0 Å². The molecule has 0 bridgehead atoms. The number of phenolic OH excluding ortho intramolecular Hbond substituents is 2. The van der Waals surface area contributed by atoms with Crippen molar-refractivity contribution in [2.24, 2.45) is 10.2 Å². The lowest BCUT2D eigenvalue weighted by Crippen LogP contribution is -2.37. The van der Waals surface area contributed by atoms with E-state index in [1.165, 1.54) is 26.6 Å². The van der Waals surface area contributed by atoms with Crippen molar-refractivity contribution in [3.8, 4) is 11.5 Å². The molecule has 2 heterocycles. The van der Waals surface area contributed by atoms with Gasteiger partial charge in [0.25, 0.3) is 5.91 Å². The second kappa shape index (κ2) is 13.2. The summed E-state index contributed by atoms with van der Waals surface area (Å²) in [5, 5.41) is 63.2. The summed E-state index contributed by atoms with van der Waals surface area (Å²) in [4.78, 5) is 16.7. The van der Waals surface area contributed by atoms with Gasteiger partial charge in [0, 0.05) is 22.9 Å². The van der Waals surface area contributed by atoms with Gasteiger partial charge in [-0.2, -0.15) is 10.2 Å². The van der Waals surface area contributed by atoms with Crippen LogP contribution in [0.5, 0.6) is 11.5 Å². The summed E-state index contributed by atoms with van der Waals surface area (Å²) in [7, 11) is 0. The van der Waals surface area contributed by atoms with Crippen LogP contribution in [0, 0.1) is 13.8 Å². The molecule has 4 aromatic rings. The minimum absolute atomic E-state index is 0.0484. The zero-order valence-electron chi connectivity index (χ0n) is 25.0. The van der Waals surface area contributed by atoms with Gasteiger partial charge in [0.1, 0.15) is 18.1 Å². The van der Waals surface area contributed by atoms with Gasteiger partial charge in [0.15, 0.2) is 11.6 Å². The van der Waals surface area contributed by atoms with Crippen molar-refractivity contribution in [1.29, 1.82) is 0 Å². The third kappa shape index (κ3) is 6.73. The number of carbonyl (C=O) groups is 1. The Hall–Kier alpha value is -5.83. The van der Waals surface area contributed by atoms with Crippen LogP contribution in [0.2, 0.25) is 0 Å². The van der Waals surface area contributed by atoms with Gasteiger partial charge in [-0.25, -0.2) is 0 Å². The highest BCUT2D eigenvalue weighted by molar-refractivity contribution is 5.93. The van der Waals surface area contributed by atoms with E-state index in [0.29, 0.717) is 57.2 Å². The molecular formula is C30H31N11O4. The quantitative estimate of drug-likeness (QED) is 0.237. The number of hydrogen-bond donors (Lipinski definition) is 3. The van der Waals surface area contributed by atoms with Gasteiger partial charge in [0.2, 0.25) is 0 Å². The first-order chi connectivity index (χ1) is 21.7. The maximum absolute atomic E-state index is 12.7. The van der Waals surface area contributed by atoms with Gasteiger partial charge in [0.05, 0.1) is 12.4 Å². The first-order valence-electron chi connectivity index (χ1n) is 14.0. The Kier molecular flexibility index (Phi) is 8.99. The summed E-state index contributed by atoms with van der Waals surface area (Å²) in [6.07, 6.45) is 9.03. The molecule has 15 heteroatoms. The second-order valence-corrected chi connectivity index (χ2v) is 10.4. The molecule has 0 radical (unpaired) electrons. The van der Waals surface area contributed by atoms with Crippen LogP contribution in [0.3, 0.4) is 0 Å². The first kappa shape index (κ1) is 30.6. The van der Waals surface area contributed by atoms with Gasteiger partial charge >= 0.3 is 0 Å². The Morgan fingerprint density at radius 3 is 1.91 bits per heavy atom. The molecule has 0 atom stereocenters. The number of rotatable bonds is 9. The monoisotopic (exact) mass is 609 g/mol. The number of aromatic hydroxyl groups is 2. The van der Waals surface area contributed by atoms with Crippen LogP contribution in [0.25, 0.3) is 5.57 Å². The number of aliphatic hydroxyl groups is 1. The molecule has 0 aliphatic heterocycles. The fourth-order valence-electron chi connectivity index (χ4n) is 4.79. The van der Waals surface area contributed by atoms with E-state index in [0.717, 1.165) is 0 Å². The lowest BCUT2D eigenvalue weighted by Gasteiger charge is -2.29. The molecule has 3 N–H and O–H groups in total. The van der Waals surface area contributed by atoms with Gasteiger partial charge < -0.3 is 20.2 Å². The second-order valence-electron chi connectivity index (χ2n) is 10.4. The normalized spacial score (nSPS) is 13.3. The molecule has 0 saturated heterocycles. The number of allylic oxidation sites excluding steroid dienone is 4. The van der Waals surface area contributed by atoms with Gasteiger partial charge in [-0.05, 0) is 126 Å². The van der Waals surface area contributed by atoms with Crippen molar-refractivity contribution in [2.45, 2.75) is 40.2 Å². The zero-order valence-corrected chi connectivity index (χ0v) is 25.0. The average molecular weight is 610 g/mol. The van der Waals surface area contributed by atoms with Crippen LogP contribution in [0.1, 0.15) is 54.2 Å². The van der Waals surface area contributed by atoms with Crippen molar-refractivity contribution in [1.82, 2.24) is 45.5 Å². The number of nitrogens with zero attached hydrogens (tertiary/aromatic N) is 11. The van der Waals surface area contributed by atoms with E-state index < -0.39 is 12.5 Å². The van der Waals surface area contributed by atoms with Crippen molar-refractivity contribution >= 4 is 23.9 Å². The molecule has 2 aromatic heterocycles. The fourth-order valence-corrected chi connectivity index (χ4v) is 4.79. The SMILES string of the molecule is Cc1nnnn1N=Cc1ccc(O)c(C(=C2C=C(N(C(=O)CO)C(C)C)C=CC2)c2cc(C=Nn3nnnc3C)ccc2O)c1. The standard InChI is InChI=1S/C30H31N11O4/c1-18(2)39(29(45)17-42)24-7-5-6-23(14-24)30(25-12-21(8-10-27(25)43)15-31-40-19(3)33-35-37-40)26-13-22(9-11-28(26)44)16-32-41-20(4)34-36-38-41/h5,7-16,18,42-44H,6,17H2,1-4H3. The number of carbonyl (C=O) groups excluding carboxylic acids is 1. The summed E-state index contributed by atoms with van der Waals surface area (Å²) >= 11 is 0. The van der Waals surface area contributed by atoms with Crippen molar-refractivity contribution in [2.75, 3.05) is 6.61 Å². The maximum Gasteiger partial charge on any atom is 0.252 e. The molecule has 1 amide bonds. The van der Waals surface area contributed by atoms with E-state index in [4.69, 9.17) is 0 Å². The van der Waals surface area contributed by atoms with Crippen LogP contribution in [-0.2, 0) is 4.79 Å². The zero-order chi connectivity index (χ0) is 32.1. The number of amides is 1. The molecule has 45 heavy (non-hydrogen) atoms. The summed E-state index contributed by atoms with van der Waals surface area (Å²) in [6, 6.07) is 9.66. The highest BCUT2D eigenvalue weighted by Gasteiger charge is 2.24. The Balaban J connectivity index is 1.70. The molecule has 0 spiro atoms. The largest absolute Gasteiger partial charge is 0.507 e. The van der Waals surface area contributed by atoms with Crippen LogP contribution in [-0.4, -0.2) is 91.8 Å². The highest BCUT2D eigenvalue weighted by atomic mass is 16.3. The maximum atomic E-state index is 12.7. The summed E-state index contributed by atoms with van der Waals surface area (Å²) in [5.41, 5.74) is 3.81. The molecule has 15 nitrogen and oxygen atoms in total. The van der Waals surface area contributed by atoms with E-state index in [1.54, 1.807) is 50.5 Å². The lowest BCUT2D eigenvalue weighted by molar-refractivity contribution is -0.133. The predicted molar refractivity (Wildman–Crippen MR) is 164 cm³/mol. The number of aryl methyl sites for hydroxylation is 2.